The summed E-state index contributed by atoms with van der Waals surface area (Å²) in [6.45, 7) is 1.99. The number of carbonyl (C=O) groups is 2. The average Bonchev–Trinajstić information content (AvgIpc) is 2.73. The molecule has 29 heavy (non-hydrogen) atoms. The molecule has 0 atom stereocenters. The number of benzene rings is 2. The Morgan fingerprint density at radius 2 is 1.76 bits per heavy atom. The number of carbonyl (C=O) groups excluding carboxylic acids is 2. The van der Waals surface area contributed by atoms with E-state index >= 15 is 0 Å². The van der Waals surface area contributed by atoms with Crippen molar-refractivity contribution in [1.82, 2.24) is 0 Å². The molecule has 0 radical (unpaired) electrons. The van der Waals surface area contributed by atoms with Crippen LogP contribution in [-0.2, 0) is 9.53 Å². The second-order valence-corrected chi connectivity index (χ2v) is 6.06. The van der Waals surface area contributed by atoms with Crippen molar-refractivity contribution >= 4 is 35.2 Å². The SMILES string of the molecule is CCOC(=O)c1ccc(NC(=O)/C(C#N)=C/c2cc(OC)c(OC)cc2Cl)cc1. The van der Waals surface area contributed by atoms with Crippen LogP contribution in [0.15, 0.2) is 42.0 Å². The van der Waals surface area contributed by atoms with Crippen molar-refractivity contribution < 1.29 is 23.8 Å². The van der Waals surface area contributed by atoms with E-state index in [1.54, 1.807) is 25.1 Å². The maximum Gasteiger partial charge on any atom is 0.338 e. The molecule has 0 unspecified atom stereocenters. The molecule has 1 amide bonds. The summed E-state index contributed by atoms with van der Waals surface area (Å²) in [6.07, 6.45) is 1.35. The van der Waals surface area contributed by atoms with Crippen LogP contribution in [0.1, 0.15) is 22.8 Å². The molecule has 0 bridgehead atoms. The van der Waals surface area contributed by atoms with Gasteiger partial charge < -0.3 is 19.5 Å². The summed E-state index contributed by atoms with van der Waals surface area (Å²) in [7, 11) is 2.95. The average molecular weight is 415 g/mol. The lowest BCUT2D eigenvalue weighted by atomic mass is 10.1. The Morgan fingerprint density at radius 1 is 1.14 bits per heavy atom. The lowest BCUT2D eigenvalue weighted by Gasteiger charge is -2.10. The second-order valence-electron chi connectivity index (χ2n) is 5.65. The van der Waals surface area contributed by atoms with Gasteiger partial charge in [0, 0.05) is 11.8 Å². The Kier molecular flexibility index (Phi) is 7.63. The van der Waals surface area contributed by atoms with E-state index in [9.17, 15) is 14.9 Å². The summed E-state index contributed by atoms with van der Waals surface area (Å²) in [5.41, 5.74) is 1.04. The zero-order chi connectivity index (χ0) is 21.4. The number of esters is 1. The molecule has 0 saturated carbocycles. The fourth-order valence-electron chi connectivity index (χ4n) is 2.39. The molecule has 150 valence electrons. The first kappa shape index (κ1) is 21.8. The third-order valence-electron chi connectivity index (χ3n) is 3.82. The highest BCUT2D eigenvalue weighted by atomic mass is 35.5. The highest BCUT2D eigenvalue weighted by molar-refractivity contribution is 6.32. The number of amides is 1. The standard InChI is InChI=1S/C21H19ClN2O5/c1-4-29-21(26)13-5-7-16(8-6-13)24-20(25)15(12-23)9-14-10-18(27-2)19(28-3)11-17(14)22/h5-11H,4H2,1-3H3,(H,24,25)/b15-9+. The predicted molar refractivity (Wildman–Crippen MR) is 109 cm³/mol. The molecule has 0 aliphatic heterocycles. The first-order valence-electron chi connectivity index (χ1n) is 8.55. The van der Waals surface area contributed by atoms with Crippen molar-refractivity contribution in [3.8, 4) is 17.6 Å². The van der Waals surface area contributed by atoms with Crippen LogP contribution in [0.5, 0.6) is 11.5 Å². The number of hydrogen-bond donors (Lipinski definition) is 1. The number of rotatable bonds is 7. The smallest absolute Gasteiger partial charge is 0.338 e. The van der Waals surface area contributed by atoms with Gasteiger partial charge in [0.05, 0.1) is 31.4 Å². The highest BCUT2D eigenvalue weighted by Crippen LogP contribution is 2.34. The summed E-state index contributed by atoms with van der Waals surface area (Å²) in [6, 6.07) is 11.1. The highest BCUT2D eigenvalue weighted by Gasteiger charge is 2.14. The molecular weight excluding hydrogens is 396 g/mol. The monoisotopic (exact) mass is 414 g/mol. The maximum absolute atomic E-state index is 12.5. The molecule has 7 nitrogen and oxygen atoms in total. The molecule has 0 aliphatic rings. The Hall–Kier alpha value is -3.50. The lowest BCUT2D eigenvalue weighted by molar-refractivity contribution is -0.112. The van der Waals surface area contributed by atoms with Crippen LogP contribution < -0.4 is 14.8 Å². The number of nitrogens with zero attached hydrogens (tertiary/aromatic N) is 1. The van der Waals surface area contributed by atoms with Gasteiger partial charge in [-0.1, -0.05) is 11.6 Å². The van der Waals surface area contributed by atoms with Gasteiger partial charge in [-0.2, -0.15) is 5.26 Å². The number of nitriles is 1. The number of halogens is 1. The summed E-state index contributed by atoms with van der Waals surface area (Å²) < 4.78 is 15.3. The fraction of sp³-hybridized carbons (Fsp3) is 0.190. The number of anilines is 1. The van der Waals surface area contributed by atoms with Crippen molar-refractivity contribution in [3.63, 3.8) is 0 Å². The second kappa shape index (κ2) is 10.2. The van der Waals surface area contributed by atoms with Gasteiger partial charge in [0.15, 0.2) is 11.5 Å². The van der Waals surface area contributed by atoms with Gasteiger partial charge in [-0.25, -0.2) is 4.79 Å². The molecule has 0 saturated heterocycles. The zero-order valence-electron chi connectivity index (χ0n) is 16.1. The van der Waals surface area contributed by atoms with Crippen molar-refractivity contribution in [2.45, 2.75) is 6.92 Å². The van der Waals surface area contributed by atoms with Crippen LogP contribution in [0.2, 0.25) is 5.02 Å². The fourth-order valence-corrected chi connectivity index (χ4v) is 2.60. The minimum atomic E-state index is -0.623. The Balaban J connectivity index is 2.23. The van der Waals surface area contributed by atoms with Gasteiger partial charge in [0.2, 0.25) is 0 Å². The van der Waals surface area contributed by atoms with E-state index in [-0.39, 0.29) is 12.2 Å². The van der Waals surface area contributed by atoms with E-state index in [1.807, 2.05) is 6.07 Å². The number of nitrogens with one attached hydrogen (secondary N) is 1. The molecule has 2 aromatic rings. The van der Waals surface area contributed by atoms with Crippen LogP contribution in [0.25, 0.3) is 6.08 Å². The summed E-state index contributed by atoms with van der Waals surface area (Å²) in [5.74, 6) is -0.233. The third-order valence-corrected chi connectivity index (χ3v) is 4.15. The molecule has 0 heterocycles. The largest absolute Gasteiger partial charge is 0.493 e. The minimum absolute atomic E-state index is 0.159. The van der Waals surface area contributed by atoms with Gasteiger partial charge in [0.25, 0.3) is 5.91 Å². The Bertz CT molecular complexity index is 978. The van der Waals surface area contributed by atoms with Gasteiger partial charge in [0.1, 0.15) is 11.6 Å². The number of methoxy groups -OCH3 is 2. The molecule has 0 fully saturated rings. The van der Waals surface area contributed by atoms with E-state index in [1.165, 1.54) is 38.5 Å². The molecule has 0 aliphatic carbocycles. The molecule has 8 heteroatoms. The van der Waals surface area contributed by atoms with Crippen LogP contribution in [0, 0.1) is 11.3 Å². The number of ether oxygens (including phenoxy) is 3. The van der Waals surface area contributed by atoms with Crippen LogP contribution in [0.3, 0.4) is 0 Å². The number of hydrogen-bond acceptors (Lipinski definition) is 6. The summed E-state index contributed by atoms with van der Waals surface area (Å²) in [5, 5.41) is 12.3. The molecule has 2 rings (SSSR count). The zero-order valence-corrected chi connectivity index (χ0v) is 16.9. The molecule has 2 aromatic carbocycles. The molecule has 0 spiro atoms. The van der Waals surface area contributed by atoms with Gasteiger partial charge in [-0.15, -0.1) is 0 Å². The van der Waals surface area contributed by atoms with Crippen LogP contribution in [0.4, 0.5) is 5.69 Å². The van der Waals surface area contributed by atoms with Gasteiger partial charge in [-0.05, 0) is 48.9 Å². The minimum Gasteiger partial charge on any atom is -0.493 e. The third kappa shape index (κ3) is 5.50. The first-order valence-corrected chi connectivity index (χ1v) is 8.93. The van der Waals surface area contributed by atoms with Gasteiger partial charge in [-0.3, -0.25) is 4.79 Å². The van der Waals surface area contributed by atoms with Crippen LogP contribution in [-0.4, -0.2) is 32.7 Å². The predicted octanol–water partition coefficient (Wildman–Crippen LogP) is 4.08. The van der Waals surface area contributed by atoms with E-state index in [0.717, 1.165) is 0 Å². The van der Waals surface area contributed by atoms with Crippen molar-refractivity contribution in [1.29, 1.82) is 5.26 Å². The van der Waals surface area contributed by atoms with E-state index in [4.69, 9.17) is 25.8 Å². The van der Waals surface area contributed by atoms with Crippen molar-refractivity contribution in [2.24, 2.45) is 0 Å². The Morgan fingerprint density at radius 3 is 2.31 bits per heavy atom. The first-order chi connectivity index (χ1) is 13.9. The van der Waals surface area contributed by atoms with Gasteiger partial charge >= 0.3 is 5.97 Å². The van der Waals surface area contributed by atoms with E-state index < -0.39 is 11.9 Å². The topological polar surface area (TPSA) is 97.7 Å². The molecular formula is C21H19ClN2O5. The van der Waals surface area contributed by atoms with Crippen molar-refractivity contribution in [3.05, 3.63) is 58.1 Å². The Labute approximate surface area is 173 Å². The maximum atomic E-state index is 12.5. The van der Waals surface area contributed by atoms with E-state index in [0.29, 0.717) is 33.3 Å². The lowest BCUT2D eigenvalue weighted by Crippen LogP contribution is -2.13. The molecule has 0 aromatic heterocycles. The normalized spacial score (nSPS) is 10.7. The van der Waals surface area contributed by atoms with Crippen molar-refractivity contribution in [2.75, 3.05) is 26.1 Å². The summed E-state index contributed by atoms with van der Waals surface area (Å²) >= 11 is 6.21. The quantitative estimate of drug-likeness (QED) is 0.416. The van der Waals surface area contributed by atoms with E-state index in [2.05, 4.69) is 5.32 Å². The summed E-state index contributed by atoms with van der Waals surface area (Å²) in [4.78, 5) is 24.1. The molecule has 1 N–H and O–H groups in total. The van der Waals surface area contributed by atoms with Crippen LogP contribution >= 0.6 is 11.6 Å².